The second kappa shape index (κ2) is 8.04. The van der Waals surface area contributed by atoms with E-state index in [4.69, 9.17) is 10.2 Å². The predicted molar refractivity (Wildman–Crippen MR) is 109 cm³/mol. The number of β-amino-alcohol motifs (C(OH)–C–C–N with tert-alkyl or cyclic N) is 2. The first-order valence-electron chi connectivity index (χ1n) is 10.7. The molecule has 1 saturated heterocycles. The summed E-state index contributed by atoms with van der Waals surface area (Å²) in [6, 6.07) is 12.0. The highest BCUT2D eigenvalue weighted by molar-refractivity contribution is 5.54. The zero-order valence-electron chi connectivity index (χ0n) is 16.5. The second-order valence-corrected chi connectivity index (χ2v) is 8.99. The Labute approximate surface area is 163 Å². The molecule has 2 atom stereocenters. The van der Waals surface area contributed by atoms with Crippen LogP contribution in [0, 0.1) is 11.3 Å². The number of hydrogen-bond donors (Lipinski definition) is 3. The van der Waals surface area contributed by atoms with Crippen LogP contribution in [0.1, 0.15) is 51.0 Å². The summed E-state index contributed by atoms with van der Waals surface area (Å²) >= 11 is 0. The van der Waals surface area contributed by atoms with Crippen LogP contribution in [-0.2, 0) is 0 Å². The number of nitrogens with zero attached hydrogens (tertiary/aromatic N) is 1. The normalized spacial score (nSPS) is 28.5. The fourth-order valence-electron chi connectivity index (χ4n) is 5.28. The summed E-state index contributed by atoms with van der Waals surface area (Å²) in [5.74, 6) is 0.722. The average molecular weight is 371 g/mol. The van der Waals surface area contributed by atoms with Crippen LogP contribution in [-0.4, -0.2) is 53.1 Å². The van der Waals surface area contributed by atoms with Gasteiger partial charge in [-0.15, -0.1) is 0 Å². The number of nitrogens with one attached hydrogen (secondary N) is 1. The Morgan fingerprint density at radius 3 is 2.56 bits per heavy atom. The molecule has 2 saturated carbocycles. The molecule has 0 unspecified atom stereocenters. The minimum atomic E-state index is -1.20. The van der Waals surface area contributed by atoms with E-state index in [1.54, 1.807) is 5.57 Å². The van der Waals surface area contributed by atoms with E-state index in [9.17, 15) is 0 Å². The van der Waals surface area contributed by atoms with Crippen LogP contribution < -0.4 is 5.32 Å². The molecule has 4 heteroatoms. The Balaban J connectivity index is 1.22. The van der Waals surface area contributed by atoms with Crippen LogP contribution >= 0.6 is 0 Å². The zero-order chi connectivity index (χ0) is 18.9. The molecule has 0 aromatic heterocycles. The van der Waals surface area contributed by atoms with Crippen molar-refractivity contribution in [1.29, 1.82) is 0 Å². The van der Waals surface area contributed by atoms with E-state index in [1.807, 2.05) is 0 Å². The Morgan fingerprint density at radius 1 is 1.22 bits per heavy atom. The standard InChI is InChI=1S/C23H34N2O2/c1-2-18(12-17-6-4-3-5-7-17)20-13-21(20)24-19-14-23(15-19)8-10-25(11-9-23)16-22(26)27/h3-7,12,19-22,24,26-27H,2,8-11,13-16H2,1H3/b18-12+/t20-,21+/m1/s1. The van der Waals surface area contributed by atoms with Gasteiger partial charge in [0.25, 0.3) is 0 Å². The smallest absolute Gasteiger partial charge is 0.164 e. The Kier molecular flexibility index (Phi) is 5.70. The van der Waals surface area contributed by atoms with Crippen LogP contribution in [0.25, 0.3) is 6.08 Å². The molecule has 0 bridgehead atoms. The molecular weight excluding hydrogens is 336 g/mol. The molecule has 4 rings (SSSR count). The molecule has 3 N–H and O–H groups in total. The number of aliphatic hydroxyl groups is 2. The highest BCUT2D eigenvalue weighted by Gasteiger charge is 2.49. The fraction of sp³-hybridized carbons (Fsp3) is 0.652. The summed E-state index contributed by atoms with van der Waals surface area (Å²) in [5.41, 5.74) is 3.43. The van der Waals surface area contributed by atoms with E-state index in [2.05, 4.69) is 53.5 Å². The van der Waals surface area contributed by atoms with Gasteiger partial charge in [0.15, 0.2) is 6.29 Å². The van der Waals surface area contributed by atoms with Gasteiger partial charge in [0.1, 0.15) is 0 Å². The van der Waals surface area contributed by atoms with Crippen molar-refractivity contribution in [3.63, 3.8) is 0 Å². The van der Waals surface area contributed by atoms with E-state index in [0.717, 1.165) is 25.4 Å². The highest BCUT2D eigenvalue weighted by atomic mass is 16.5. The minimum Gasteiger partial charge on any atom is -0.367 e. The monoisotopic (exact) mass is 370 g/mol. The van der Waals surface area contributed by atoms with Crippen LogP contribution in [0.3, 0.4) is 0 Å². The molecule has 0 radical (unpaired) electrons. The largest absolute Gasteiger partial charge is 0.367 e. The number of piperidine rings is 1. The van der Waals surface area contributed by atoms with Crippen molar-refractivity contribution in [2.24, 2.45) is 11.3 Å². The molecule has 1 spiro atoms. The predicted octanol–water partition coefficient (Wildman–Crippen LogP) is 3.01. The van der Waals surface area contributed by atoms with Gasteiger partial charge < -0.3 is 15.5 Å². The van der Waals surface area contributed by atoms with Crippen molar-refractivity contribution in [2.45, 2.75) is 63.8 Å². The van der Waals surface area contributed by atoms with Gasteiger partial charge in [-0.25, -0.2) is 0 Å². The Morgan fingerprint density at radius 2 is 1.93 bits per heavy atom. The van der Waals surface area contributed by atoms with Gasteiger partial charge in [0, 0.05) is 18.6 Å². The van der Waals surface area contributed by atoms with Gasteiger partial charge in [-0.2, -0.15) is 0 Å². The number of rotatable bonds is 7. The van der Waals surface area contributed by atoms with Gasteiger partial charge in [-0.05, 0) is 68.5 Å². The first-order valence-corrected chi connectivity index (χ1v) is 10.7. The van der Waals surface area contributed by atoms with E-state index < -0.39 is 6.29 Å². The first-order chi connectivity index (χ1) is 13.1. The Hall–Kier alpha value is -1.20. The lowest BCUT2D eigenvalue weighted by molar-refractivity contribution is -0.0779. The molecule has 1 aliphatic heterocycles. The molecule has 3 aliphatic rings. The van der Waals surface area contributed by atoms with Crippen LogP contribution in [0.4, 0.5) is 0 Å². The summed E-state index contributed by atoms with van der Waals surface area (Å²) in [6.07, 6.45) is 8.64. The highest BCUT2D eigenvalue weighted by Crippen LogP contribution is 2.50. The van der Waals surface area contributed by atoms with E-state index in [0.29, 0.717) is 24.0 Å². The molecule has 2 aliphatic carbocycles. The van der Waals surface area contributed by atoms with Crippen molar-refractivity contribution in [2.75, 3.05) is 19.6 Å². The molecule has 1 aromatic carbocycles. The molecule has 27 heavy (non-hydrogen) atoms. The molecule has 4 nitrogen and oxygen atoms in total. The number of aliphatic hydroxyl groups excluding tert-OH is 1. The number of benzene rings is 1. The van der Waals surface area contributed by atoms with Crippen molar-refractivity contribution < 1.29 is 10.2 Å². The van der Waals surface area contributed by atoms with Crippen molar-refractivity contribution in [1.82, 2.24) is 10.2 Å². The maximum atomic E-state index is 9.14. The Bertz CT molecular complexity index is 642. The number of hydrogen-bond acceptors (Lipinski definition) is 4. The summed E-state index contributed by atoms with van der Waals surface area (Å²) in [6.45, 7) is 4.70. The summed E-state index contributed by atoms with van der Waals surface area (Å²) < 4.78 is 0. The van der Waals surface area contributed by atoms with Gasteiger partial charge in [-0.1, -0.05) is 48.9 Å². The third-order valence-electron chi connectivity index (χ3n) is 6.97. The molecule has 1 heterocycles. The zero-order valence-corrected chi connectivity index (χ0v) is 16.5. The summed E-state index contributed by atoms with van der Waals surface area (Å²) in [5, 5.41) is 22.2. The molecule has 1 aromatic rings. The summed E-state index contributed by atoms with van der Waals surface area (Å²) in [7, 11) is 0. The number of likely N-dealkylation sites (tertiary alicyclic amines) is 1. The van der Waals surface area contributed by atoms with Gasteiger partial charge in [0.05, 0.1) is 0 Å². The lowest BCUT2D eigenvalue weighted by Gasteiger charge is -2.52. The van der Waals surface area contributed by atoms with Gasteiger partial charge in [0.2, 0.25) is 0 Å². The van der Waals surface area contributed by atoms with Gasteiger partial charge in [-0.3, -0.25) is 4.90 Å². The first kappa shape index (κ1) is 19.1. The molecular formula is C23H34N2O2. The summed E-state index contributed by atoms with van der Waals surface area (Å²) in [4.78, 5) is 2.19. The van der Waals surface area contributed by atoms with Crippen LogP contribution in [0.15, 0.2) is 35.9 Å². The van der Waals surface area contributed by atoms with E-state index in [-0.39, 0.29) is 0 Å². The molecule has 148 valence electrons. The second-order valence-electron chi connectivity index (χ2n) is 8.99. The van der Waals surface area contributed by atoms with Crippen LogP contribution in [0.5, 0.6) is 0 Å². The van der Waals surface area contributed by atoms with Gasteiger partial charge >= 0.3 is 0 Å². The quantitative estimate of drug-likeness (QED) is 0.646. The van der Waals surface area contributed by atoms with E-state index in [1.165, 1.54) is 37.7 Å². The topological polar surface area (TPSA) is 55.7 Å². The van der Waals surface area contributed by atoms with Crippen molar-refractivity contribution in [3.8, 4) is 0 Å². The maximum Gasteiger partial charge on any atom is 0.164 e. The van der Waals surface area contributed by atoms with E-state index >= 15 is 0 Å². The maximum absolute atomic E-state index is 9.14. The third kappa shape index (κ3) is 4.62. The fourth-order valence-corrected chi connectivity index (χ4v) is 5.28. The average Bonchev–Trinajstić information content (AvgIpc) is 3.39. The molecule has 0 amide bonds. The van der Waals surface area contributed by atoms with Crippen LogP contribution in [0.2, 0.25) is 0 Å². The third-order valence-corrected chi connectivity index (χ3v) is 6.97. The lowest BCUT2D eigenvalue weighted by Crippen LogP contribution is -2.55. The van der Waals surface area contributed by atoms with Crippen molar-refractivity contribution in [3.05, 3.63) is 41.5 Å². The SMILES string of the molecule is CC/C(=C\c1ccccc1)[C@H]1C[C@@H]1NC1CC2(CCN(CC(O)O)CC2)C1. The lowest BCUT2D eigenvalue weighted by atomic mass is 9.60. The minimum absolute atomic E-state index is 0.398. The van der Waals surface area contributed by atoms with Crippen molar-refractivity contribution >= 4 is 6.08 Å². The molecule has 3 fully saturated rings.